The number of benzene rings is 1. The molecule has 98 valence electrons. The average molecular weight is 257 g/mol. The number of carbonyl (C=O) groups excluding carboxylic acids is 1. The van der Waals surface area contributed by atoms with E-state index in [-0.39, 0.29) is 5.56 Å². The van der Waals surface area contributed by atoms with Crippen LogP contribution < -0.4 is 5.73 Å². The van der Waals surface area contributed by atoms with E-state index < -0.39 is 35.0 Å². The first-order chi connectivity index (χ1) is 8.35. The molecule has 0 saturated heterocycles. The molecule has 0 amide bonds. The monoisotopic (exact) mass is 257 g/mol. The number of hydrogen-bond donors (Lipinski definition) is 1. The normalized spacial score (nSPS) is 17.6. The van der Waals surface area contributed by atoms with Crippen molar-refractivity contribution in [3.05, 3.63) is 35.1 Å². The van der Waals surface area contributed by atoms with Crippen molar-refractivity contribution in [3.8, 4) is 0 Å². The maximum atomic E-state index is 14.0. The third kappa shape index (κ3) is 2.14. The van der Waals surface area contributed by atoms with E-state index in [9.17, 15) is 18.0 Å². The van der Waals surface area contributed by atoms with Gasteiger partial charge in [0.2, 0.25) is 5.78 Å². The third-order valence-electron chi connectivity index (χ3n) is 3.12. The lowest BCUT2D eigenvalue weighted by atomic mass is 9.96. The summed E-state index contributed by atoms with van der Waals surface area (Å²) < 4.78 is 41.8. The van der Waals surface area contributed by atoms with Gasteiger partial charge in [0, 0.05) is 17.5 Å². The van der Waals surface area contributed by atoms with Crippen LogP contribution in [0.15, 0.2) is 18.2 Å². The van der Waals surface area contributed by atoms with Gasteiger partial charge in [-0.25, -0.2) is 4.39 Å². The zero-order chi connectivity index (χ0) is 13.5. The van der Waals surface area contributed by atoms with Gasteiger partial charge in [-0.3, -0.25) is 4.79 Å². The predicted molar refractivity (Wildman–Crippen MR) is 60.6 cm³/mol. The Morgan fingerprint density at radius 3 is 2.56 bits per heavy atom. The van der Waals surface area contributed by atoms with Crippen LogP contribution in [0.5, 0.6) is 0 Å². The number of Topliss-reactive ketones (excluding diaryl/α,β-unsaturated/α-hetero) is 1. The first-order valence-corrected chi connectivity index (χ1v) is 5.82. The van der Waals surface area contributed by atoms with Gasteiger partial charge < -0.3 is 5.73 Å². The molecule has 1 saturated carbocycles. The van der Waals surface area contributed by atoms with Gasteiger partial charge in [0.1, 0.15) is 5.82 Å². The Kier molecular flexibility index (Phi) is 3.19. The zero-order valence-corrected chi connectivity index (χ0v) is 9.92. The number of ketones is 1. The van der Waals surface area contributed by atoms with E-state index in [2.05, 4.69) is 0 Å². The lowest BCUT2D eigenvalue weighted by molar-refractivity contribution is -0.146. The van der Waals surface area contributed by atoms with Crippen molar-refractivity contribution in [1.82, 2.24) is 0 Å². The van der Waals surface area contributed by atoms with Gasteiger partial charge in [0.05, 0.1) is 5.56 Å². The molecule has 0 spiro atoms. The van der Waals surface area contributed by atoms with Crippen LogP contribution in [0.3, 0.4) is 0 Å². The van der Waals surface area contributed by atoms with Crippen molar-refractivity contribution in [1.29, 1.82) is 0 Å². The fourth-order valence-electron chi connectivity index (χ4n) is 1.88. The summed E-state index contributed by atoms with van der Waals surface area (Å²) in [5.74, 6) is -6.66. The summed E-state index contributed by atoms with van der Waals surface area (Å²) in [4.78, 5) is 11.5. The largest absolute Gasteiger partial charge is 0.333 e. The summed E-state index contributed by atoms with van der Waals surface area (Å²) in [5, 5.41) is 0. The molecule has 2 N–H and O–H groups in total. The standard InChI is InChI=1S/C13H14F3NO/c1-7(17)9-3-2-4-10(11(9)14)13(15,16)12(18)8-5-6-8/h2-4,7-8H,5-6,17H2,1H3/t7-/m1/s1. The van der Waals surface area contributed by atoms with Crippen molar-refractivity contribution < 1.29 is 18.0 Å². The molecule has 0 aromatic heterocycles. The van der Waals surface area contributed by atoms with Crippen LogP contribution in [-0.4, -0.2) is 5.78 Å². The van der Waals surface area contributed by atoms with Gasteiger partial charge in [-0.15, -0.1) is 0 Å². The average Bonchev–Trinajstić information content (AvgIpc) is 3.11. The highest BCUT2D eigenvalue weighted by molar-refractivity contribution is 5.90. The first-order valence-electron chi connectivity index (χ1n) is 5.82. The second-order valence-corrected chi connectivity index (χ2v) is 4.71. The molecule has 1 fully saturated rings. The lowest BCUT2D eigenvalue weighted by Gasteiger charge is -2.18. The fourth-order valence-corrected chi connectivity index (χ4v) is 1.88. The van der Waals surface area contributed by atoms with Gasteiger partial charge in [0.15, 0.2) is 0 Å². The lowest BCUT2D eigenvalue weighted by Crippen LogP contribution is -2.29. The summed E-state index contributed by atoms with van der Waals surface area (Å²) >= 11 is 0. The molecule has 1 aromatic rings. The number of hydrogen-bond acceptors (Lipinski definition) is 2. The third-order valence-corrected chi connectivity index (χ3v) is 3.12. The van der Waals surface area contributed by atoms with E-state index in [1.54, 1.807) is 0 Å². The molecule has 1 aliphatic rings. The fraction of sp³-hybridized carbons (Fsp3) is 0.462. The van der Waals surface area contributed by atoms with Crippen LogP contribution in [0.1, 0.15) is 36.9 Å². The molecular weight excluding hydrogens is 243 g/mol. The van der Waals surface area contributed by atoms with E-state index in [4.69, 9.17) is 5.73 Å². The Hall–Kier alpha value is -1.36. The Labute approximate surface area is 103 Å². The second kappa shape index (κ2) is 4.39. The summed E-state index contributed by atoms with van der Waals surface area (Å²) in [6.45, 7) is 1.50. The summed E-state index contributed by atoms with van der Waals surface area (Å²) in [7, 11) is 0. The van der Waals surface area contributed by atoms with E-state index in [0.717, 1.165) is 6.07 Å². The maximum absolute atomic E-state index is 14.0. The van der Waals surface area contributed by atoms with Crippen LogP contribution in [0.25, 0.3) is 0 Å². The van der Waals surface area contributed by atoms with Crippen LogP contribution in [0.2, 0.25) is 0 Å². The van der Waals surface area contributed by atoms with E-state index in [1.165, 1.54) is 19.1 Å². The van der Waals surface area contributed by atoms with Crippen LogP contribution >= 0.6 is 0 Å². The van der Waals surface area contributed by atoms with E-state index >= 15 is 0 Å². The Morgan fingerprint density at radius 1 is 1.44 bits per heavy atom. The topological polar surface area (TPSA) is 43.1 Å². The minimum absolute atomic E-state index is 0.00391. The van der Waals surface area contributed by atoms with Gasteiger partial charge >= 0.3 is 5.92 Å². The van der Waals surface area contributed by atoms with Crippen LogP contribution in [0.4, 0.5) is 13.2 Å². The smallest absolute Gasteiger partial charge is 0.324 e. The molecule has 0 bridgehead atoms. The highest BCUT2D eigenvalue weighted by atomic mass is 19.3. The highest BCUT2D eigenvalue weighted by Gasteiger charge is 2.49. The Morgan fingerprint density at radius 2 is 2.06 bits per heavy atom. The molecule has 5 heteroatoms. The molecule has 18 heavy (non-hydrogen) atoms. The highest BCUT2D eigenvalue weighted by Crippen LogP contribution is 2.42. The predicted octanol–water partition coefficient (Wildman–Crippen LogP) is 2.92. The molecule has 2 rings (SSSR count). The minimum atomic E-state index is -3.77. The van der Waals surface area contributed by atoms with E-state index in [1.807, 2.05) is 0 Å². The molecule has 1 aromatic carbocycles. The van der Waals surface area contributed by atoms with Crippen molar-refractivity contribution in [2.45, 2.75) is 31.7 Å². The van der Waals surface area contributed by atoms with Crippen molar-refractivity contribution >= 4 is 5.78 Å². The molecule has 1 atom stereocenters. The van der Waals surface area contributed by atoms with Gasteiger partial charge in [-0.2, -0.15) is 8.78 Å². The molecule has 0 aliphatic heterocycles. The molecular formula is C13H14F3NO. The summed E-state index contributed by atoms with van der Waals surface area (Å²) in [6.07, 6.45) is 0.923. The molecule has 1 aliphatic carbocycles. The van der Waals surface area contributed by atoms with Crippen molar-refractivity contribution in [2.24, 2.45) is 11.7 Å². The zero-order valence-electron chi connectivity index (χ0n) is 9.92. The van der Waals surface area contributed by atoms with E-state index in [0.29, 0.717) is 12.8 Å². The van der Waals surface area contributed by atoms with Gasteiger partial charge in [-0.05, 0) is 25.8 Å². The maximum Gasteiger partial charge on any atom is 0.333 e. The second-order valence-electron chi connectivity index (χ2n) is 4.71. The first kappa shape index (κ1) is 13.1. The van der Waals surface area contributed by atoms with Crippen molar-refractivity contribution in [3.63, 3.8) is 0 Å². The number of rotatable bonds is 4. The number of halogens is 3. The summed E-state index contributed by atoms with van der Waals surface area (Å²) in [6, 6.07) is 2.89. The van der Waals surface area contributed by atoms with Crippen LogP contribution in [0, 0.1) is 11.7 Å². The summed E-state index contributed by atoms with van der Waals surface area (Å²) in [5.41, 5.74) is 4.63. The Bertz CT molecular complexity index is 481. The SMILES string of the molecule is C[C@@H](N)c1cccc(C(F)(F)C(=O)C2CC2)c1F. The number of alkyl halides is 2. The minimum Gasteiger partial charge on any atom is -0.324 e. The quantitative estimate of drug-likeness (QED) is 0.901. The van der Waals surface area contributed by atoms with Crippen LogP contribution in [-0.2, 0) is 10.7 Å². The number of nitrogens with two attached hydrogens (primary N) is 1. The molecule has 0 unspecified atom stereocenters. The molecule has 0 radical (unpaired) electrons. The van der Waals surface area contributed by atoms with Gasteiger partial charge in [-0.1, -0.05) is 12.1 Å². The van der Waals surface area contributed by atoms with Crippen molar-refractivity contribution in [2.75, 3.05) is 0 Å². The molecule has 2 nitrogen and oxygen atoms in total. The van der Waals surface area contributed by atoms with Gasteiger partial charge in [0.25, 0.3) is 0 Å². The molecule has 0 heterocycles. The Balaban J connectivity index is 2.43. The number of carbonyl (C=O) groups is 1.